The summed E-state index contributed by atoms with van der Waals surface area (Å²) in [6.45, 7) is 5.39. The first kappa shape index (κ1) is 18.8. The minimum absolute atomic E-state index is 0. The number of hydrogen-bond acceptors (Lipinski definition) is 4. The van der Waals surface area contributed by atoms with Crippen molar-refractivity contribution in [1.29, 1.82) is 0 Å². The molecule has 130 valence electrons. The van der Waals surface area contributed by atoms with E-state index in [2.05, 4.69) is 9.88 Å². The van der Waals surface area contributed by atoms with Crippen LogP contribution in [0, 0.1) is 18.6 Å². The smallest absolute Gasteiger partial charge is 0.254 e. The molecule has 0 saturated carbocycles. The van der Waals surface area contributed by atoms with E-state index < -0.39 is 11.6 Å². The lowest BCUT2D eigenvalue weighted by Crippen LogP contribution is -2.48. The molecule has 1 aromatic heterocycles. The molecule has 24 heavy (non-hydrogen) atoms. The van der Waals surface area contributed by atoms with Crippen LogP contribution in [0.15, 0.2) is 23.6 Å². The molecule has 1 aromatic carbocycles. The zero-order valence-electron chi connectivity index (χ0n) is 13.2. The van der Waals surface area contributed by atoms with E-state index in [1.807, 2.05) is 12.3 Å². The SMILES string of the molecule is Cc1csc(CN2CCN(C(=O)c3ccc(F)c(F)c3)CC2)n1.Cl. The van der Waals surface area contributed by atoms with Gasteiger partial charge in [0.05, 0.1) is 6.54 Å². The fourth-order valence-corrected chi connectivity index (χ4v) is 3.40. The predicted octanol–water partition coefficient (Wildman–Crippen LogP) is 3.11. The van der Waals surface area contributed by atoms with Gasteiger partial charge in [-0.05, 0) is 25.1 Å². The van der Waals surface area contributed by atoms with Crippen LogP contribution >= 0.6 is 23.7 Å². The molecule has 1 fully saturated rings. The molecule has 0 N–H and O–H groups in total. The summed E-state index contributed by atoms with van der Waals surface area (Å²) >= 11 is 1.64. The van der Waals surface area contributed by atoms with Gasteiger partial charge in [-0.25, -0.2) is 13.8 Å². The molecule has 0 radical (unpaired) electrons. The number of hydrogen-bond donors (Lipinski definition) is 0. The number of halogens is 3. The van der Waals surface area contributed by atoms with Gasteiger partial charge in [0.15, 0.2) is 11.6 Å². The van der Waals surface area contributed by atoms with Crippen molar-refractivity contribution in [2.75, 3.05) is 26.2 Å². The molecular weight excluding hydrogens is 356 g/mol. The van der Waals surface area contributed by atoms with E-state index in [-0.39, 0.29) is 23.9 Å². The van der Waals surface area contributed by atoms with E-state index in [0.717, 1.165) is 42.5 Å². The van der Waals surface area contributed by atoms with Crippen LogP contribution in [0.2, 0.25) is 0 Å². The Labute approximate surface area is 149 Å². The van der Waals surface area contributed by atoms with Crippen molar-refractivity contribution in [1.82, 2.24) is 14.8 Å². The Morgan fingerprint density at radius 3 is 2.50 bits per heavy atom. The number of amides is 1. The Morgan fingerprint density at radius 1 is 1.21 bits per heavy atom. The number of thiazole rings is 1. The summed E-state index contributed by atoms with van der Waals surface area (Å²) in [7, 11) is 0. The summed E-state index contributed by atoms with van der Waals surface area (Å²) in [5.41, 5.74) is 1.21. The molecule has 1 amide bonds. The Bertz CT molecular complexity index is 717. The van der Waals surface area contributed by atoms with Gasteiger partial charge in [-0.2, -0.15) is 0 Å². The fraction of sp³-hybridized carbons (Fsp3) is 0.375. The molecule has 1 aliphatic rings. The highest BCUT2D eigenvalue weighted by atomic mass is 35.5. The molecule has 0 atom stereocenters. The summed E-state index contributed by atoms with van der Waals surface area (Å²) in [6, 6.07) is 3.28. The molecule has 0 unspecified atom stereocenters. The first-order valence-corrected chi connectivity index (χ1v) is 8.28. The standard InChI is InChI=1S/C16H17F2N3OS.ClH/c1-11-10-23-15(19-11)9-20-4-6-21(7-5-20)16(22)12-2-3-13(17)14(18)8-12;/h2-3,8,10H,4-7,9H2,1H3;1H. The largest absolute Gasteiger partial charge is 0.336 e. The number of piperazine rings is 1. The van der Waals surface area contributed by atoms with E-state index in [4.69, 9.17) is 0 Å². The third-order valence-electron chi connectivity index (χ3n) is 3.85. The van der Waals surface area contributed by atoms with Gasteiger partial charge in [0, 0.05) is 42.8 Å². The van der Waals surface area contributed by atoms with Crippen LogP contribution < -0.4 is 0 Å². The van der Waals surface area contributed by atoms with E-state index in [9.17, 15) is 13.6 Å². The average Bonchev–Trinajstić information content (AvgIpc) is 2.95. The van der Waals surface area contributed by atoms with Gasteiger partial charge in [0.1, 0.15) is 5.01 Å². The third-order valence-corrected chi connectivity index (χ3v) is 4.80. The predicted molar refractivity (Wildman–Crippen MR) is 91.6 cm³/mol. The van der Waals surface area contributed by atoms with E-state index in [1.54, 1.807) is 16.2 Å². The minimum Gasteiger partial charge on any atom is -0.336 e. The molecular formula is C16H18ClF2N3OS. The molecule has 4 nitrogen and oxygen atoms in total. The maximum atomic E-state index is 13.3. The van der Waals surface area contributed by atoms with Crippen molar-refractivity contribution in [3.8, 4) is 0 Å². The molecule has 1 saturated heterocycles. The molecule has 2 aromatic rings. The van der Waals surface area contributed by atoms with Crippen LogP contribution in [0.25, 0.3) is 0 Å². The van der Waals surface area contributed by atoms with Gasteiger partial charge in [0.25, 0.3) is 5.91 Å². The summed E-state index contributed by atoms with van der Waals surface area (Å²) in [6.07, 6.45) is 0. The van der Waals surface area contributed by atoms with Gasteiger partial charge in [-0.15, -0.1) is 23.7 Å². The molecule has 3 rings (SSSR count). The lowest BCUT2D eigenvalue weighted by Gasteiger charge is -2.34. The summed E-state index contributed by atoms with van der Waals surface area (Å²) in [4.78, 5) is 20.7. The van der Waals surface area contributed by atoms with Gasteiger partial charge < -0.3 is 4.90 Å². The molecule has 0 aliphatic carbocycles. The minimum atomic E-state index is -0.992. The fourth-order valence-electron chi connectivity index (χ4n) is 2.59. The second-order valence-electron chi connectivity index (χ2n) is 5.58. The first-order valence-electron chi connectivity index (χ1n) is 7.40. The Hall–Kier alpha value is -1.57. The van der Waals surface area contributed by atoms with E-state index in [0.29, 0.717) is 13.1 Å². The Kier molecular flexibility index (Phi) is 6.26. The summed E-state index contributed by atoms with van der Waals surface area (Å²) in [5, 5.41) is 3.10. The van der Waals surface area contributed by atoms with Crippen LogP contribution in [0.4, 0.5) is 8.78 Å². The van der Waals surface area contributed by atoms with Gasteiger partial charge in [-0.1, -0.05) is 0 Å². The van der Waals surface area contributed by atoms with Crippen LogP contribution in [0.5, 0.6) is 0 Å². The van der Waals surface area contributed by atoms with Crippen molar-refractivity contribution < 1.29 is 13.6 Å². The molecule has 1 aliphatic heterocycles. The zero-order chi connectivity index (χ0) is 16.4. The number of nitrogens with zero attached hydrogens (tertiary/aromatic N) is 3. The van der Waals surface area contributed by atoms with Crippen LogP contribution in [0.3, 0.4) is 0 Å². The van der Waals surface area contributed by atoms with Crippen molar-refractivity contribution in [2.24, 2.45) is 0 Å². The monoisotopic (exact) mass is 373 g/mol. The molecule has 8 heteroatoms. The number of benzene rings is 1. The highest BCUT2D eigenvalue weighted by Gasteiger charge is 2.23. The molecule has 0 spiro atoms. The van der Waals surface area contributed by atoms with Crippen molar-refractivity contribution in [3.63, 3.8) is 0 Å². The van der Waals surface area contributed by atoms with Crippen molar-refractivity contribution in [3.05, 3.63) is 51.5 Å². The van der Waals surface area contributed by atoms with Gasteiger partial charge in [0.2, 0.25) is 0 Å². The quantitative estimate of drug-likeness (QED) is 0.829. The number of carbonyl (C=O) groups excluding carboxylic acids is 1. The van der Waals surface area contributed by atoms with E-state index in [1.165, 1.54) is 6.07 Å². The van der Waals surface area contributed by atoms with Crippen molar-refractivity contribution >= 4 is 29.7 Å². The van der Waals surface area contributed by atoms with Crippen molar-refractivity contribution in [2.45, 2.75) is 13.5 Å². The zero-order valence-corrected chi connectivity index (χ0v) is 14.8. The Morgan fingerprint density at radius 2 is 1.92 bits per heavy atom. The lowest BCUT2D eigenvalue weighted by molar-refractivity contribution is 0.0628. The number of rotatable bonds is 3. The second kappa shape index (κ2) is 8.00. The highest BCUT2D eigenvalue weighted by molar-refractivity contribution is 7.09. The van der Waals surface area contributed by atoms with E-state index >= 15 is 0 Å². The van der Waals surface area contributed by atoms with Crippen LogP contribution in [-0.4, -0.2) is 46.9 Å². The molecule has 0 bridgehead atoms. The highest BCUT2D eigenvalue weighted by Crippen LogP contribution is 2.15. The first-order chi connectivity index (χ1) is 11.0. The average molecular weight is 374 g/mol. The van der Waals surface area contributed by atoms with Crippen LogP contribution in [0.1, 0.15) is 21.1 Å². The van der Waals surface area contributed by atoms with Gasteiger partial charge in [-0.3, -0.25) is 9.69 Å². The third kappa shape index (κ3) is 4.28. The Balaban J connectivity index is 0.00000208. The maximum absolute atomic E-state index is 13.3. The number of aromatic nitrogens is 1. The lowest BCUT2D eigenvalue weighted by atomic mass is 10.1. The number of aryl methyl sites for hydroxylation is 1. The summed E-state index contributed by atoms with van der Waals surface area (Å²) < 4.78 is 26.2. The normalized spacial score (nSPS) is 15.2. The summed E-state index contributed by atoms with van der Waals surface area (Å²) in [5.74, 6) is -2.19. The molecule has 2 heterocycles. The van der Waals surface area contributed by atoms with Crippen LogP contribution in [-0.2, 0) is 6.54 Å². The van der Waals surface area contributed by atoms with Gasteiger partial charge >= 0.3 is 0 Å². The maximum Gasteiger partial charge on any atom is 0.254 e. The topological polar surface area (TPSA) is 36.4 Å². The number of carbonyl (C=O) groups is 1. The second-order valence-corrected chi connectivity index (χ2v) is 6.52.